The van der Waals surface area contributed by atoms with Crippen molar-refractivity contribution in [2.24, 2.45) is 5.92 Å². The second-order valence-electron chi connectivity index (χ2n) is 4.86. The molecule has 1 saturated heterocycles. The lowest BCUT2D eigenvalue weighted by Gasteiger charge is -2.37. The average molecular weight is 227 g/mol. The first-order valence-corrected chi connectivity index (χ1v) is 6.30. The Morgan fingerprint density at radius 1 is 1.50 bits per heavy atom. The van der Waals surface area contributed by atoms with E-state index >= 15 is 0 Å². The summed E-state index contributed by atoms with van der Waals surface area (Å²) in [4.78, 5) is 13.3. The van der Waals surface area contributed by atoms with Crippen LogP contribution in [0.3, 0.4) is 0 Å². The van der Waals surface area contributed by atoms with Crippen LogP contribution in [-0.4, -0.2) is 47.8 Å². The highest BCUT2D eigenvalue weighted by atomic mass is 16.5. The second kappa shape index (κ2) is 5.15. The van der Waals surface area contributed by atoms with Gasteiger partial charge in [-0.25, -0.2) is 4.79 Å². The Morgan fingerprint density at radius 2 is 2.31 bits per heavy atom. The minimum atomic E-state index is -0.823. The highest BCUT2D eigenvalue weighted by Crippen LogP contribution is 2.32. The molecule has 3 atom stereocenters. The van der Waals surface area contributed by atoms with E-state index < -0.39 is 12.1 Å². The fourth-order valence-electron chi connectivity index (χ4n) is 3.09. The lowest BCUT2D eigenvalue weighted by molar-refractivity contribution is -0.157. The highest BCUT2D eigenvalue weighted by Gasteiger charge is 2.35. The smallest absolute Gasteiger partial charge is 0.334 e. The summed E-state index contributed by atoms with van der Waals surface area (Å²) in [5.74, 6) is -0.0664. The summed E-state index contributed by atoms with van der Waals surface area (Å²) in [6, 6.07) is 0.593. The number of nitrogens with zero attached hydrogens (tertiary/aromatic N) is 1. The van der Waals surface area contributed by atoms with Gasteiger partial charge in [-0.15, -0.1) is 0 Å². The SMILES string of the molecule is CCC1CCCC1N1CCOC(C(=O)O)C1. The maximum atomic E-state index is 10.9. The Morgan fingerprint density at radius 3 is 3.00 bits per heavy atom. The minimum Gasteiger partial charge on any atom is -0.479 e. The molecule has 1 saturated carbocycles. The molecule has 0 aromatic rings. The Bertz CT molecular complexity index is 257. The first-order chi connectivity index (χ1) is 7.72. The summed E-state index contributed by atoms with van der Waals surface area (Å²) in [7, 11) is 0. The zero-order chi connectivity index (χ0) is 11.5. The van der Waals surface area contributed by atoms with Gasteiger partial charge in [0.05, 0.1) is 6.61 Å². The standard InChI is InChI=1S/C12H21NO3/c1-2-9-4-3-5-10(9)13-6-7-16-11(8-13)12(14)15/h9-11H,2-8H2,1H3,(H,14,15). The normalized spacial score (nSPS) is 36.4. The molecule has 0 aromatic heterocycles. The molecule has 1 aliphatic heterocycles. The number of morpholine rings is 1. The Labute approximate surface area is 96.6 Å². The van der Waals surface area contributed by atoms with E-state index in [9.17, 15) is 4.79 Å². The monoisotopic (exact) mass is 227 g/mol. The molecule has 0 bridgehead atoms. The van der Waals surface area contributed by atoms with Crippen molar-refractivity contribution in [1.29, 1.82) is 0 Å². The molecule has 3 unspecified atom stereocenters. The largest absolute Gasteiger partial charge is 0.479 e. The summed E-state index contributed by atoms with van der Waals surface area (Å²) in [6.07, 6.45) is 4.41. The van der Waals surface area contributed by atoms with Crippen LogP contribution in [0.4, 0.5) is 0 Å². The molecule has 2 aliphatic rings. The number of carboxylic acid groups (broad SMARTS) is 1. The number of hydrogen-bond acceptors (Lipinski definition) is 3. The maximum absolute atomic E-state index is 10.9. The maximum Gasteiger partial charge on any atom is 0.334 e. The van der Waals surface area contributed by atoms with E-state index in [-0.39, 0.29) is 0 Å². The van der Waals surface area contributed by atoms with Gasteiger partial charge in [0.15, 0.2) is 6.10 Å². The van der Waals surface area contributed by atoms with Crippen LogP contribution >= 0.6 is 0 Å². The van der Waals surface area contributed by atoms with Crippen LogP contribution in [0, 0.1) is 5.92 Å². The van der Waals surface area contributed by atoms with E-state index in [1.165, 1.54) is 25.7 Å². The molecule has 16 heavy (non-hydrogen) atoms. The van der Waals surface area contributed by atoms with E-state index in [1.54, 1.807) is 0 Å². The molecule has 0 spiro atoms. The van der Waals surface area contributed by atoms with Crippen LogP contribution in [0.2, 0.25) is 0 Å². The van der Waals surface area contributed by atoms with Crippen molar-refractivity contribution in [3.63, 3.8) is 0 Å². The van der Waals surface area contributed by atoms with Crippen molar-refractivity contribution in [1.82, 2.24) is 4.90 Å². The fourth-order valence-corrected chi connectivity index (χ4v) is 3.09. The number of aliphatic carboxylic acids is 1. The molecule has 2 rings (SSSR count). The average Bonchev–Trinajstić information content (AvgIpc) is 2.77. The van der Waals surface area contributed by atoms with E-state index in [0.717, 1.165) is 12.5 Å². The van der Waals surface area contributed by atoms with Gasteiger partial charge < -0.3 is 9.84 Å². The third-order valence-electron chi connectivity index (χ3n) is 3.99. The zero-order valence-electron chi connectivity index (χ0n) is 9.89. The molecule has 4 heteroatoms. The minimum absolute atomic E-state index is 0.559. The lowest BCUT2D eigenvalue weighted by atomic mass is 9.98. The molecule has 4 nitrogen and oxygen atoms in total. The van der Waals surface area contributed by atoms with Crippen molar-refractivity contribution < 1.29 is 14.6 Å². The number of carbonyl (C=O) groups is 1. The molecule has 2 fully saturated rings. The van der Waals surface area contributed by atoms with Crippen LogP contribution < -0.4 is 0 Å². The van der Waals surface area contributed by atoms with Crippen molar-refractivity contribution in [3.05, 3.63) is 0 Å². The summed E-state index contributed by atoms with van der Waals surface area (Å²) in [6.45, 7) is 4.25. The molecular weight excluding hydrogens is 206 g/mol. The van der Waals surface area contributed by atoms with Crippen LogP contribution in [0.25, 0.3) is 0 Å². The molecule has 1 N–H and O–H groups in total. The summed E-state index contributed by atoms with van der Waals surface area (Å²) in [5, 5.41) is 8.97. The van der Waals surface area contributed by atoms with Crippen LogP contribution in [0.1, 0.15) is 32.6 Å². The van der Waals surface area contributed by atoms with Gasteiger partial charge in [0.25, 0.3) is 0 Å². The molecule has 0 aromatic carbocycles. The summed E-state index contributed by atoms with van der Waals surface area (Å²) in [5.41, 5.74) is 0. The van der Waals surface area contributed by atoms with Gasteiger partial charge in [-0.1, -0.05) is 19.8 Å². The lowest BCUT2D eigenvalue weighted by Crippen LogP contribution is -2.51. The van der Waals surface area contributed by atoms with Crippen molar-refractivity contribution >= 4 is 5.97 Å². The predicted molar refractivity (Wildman–Crippen MR) is 60.4 cm³/mol. The number of ether oxygens (including phenoxy) is 1. The molecule has 1 heterocycles. The fraction of sp³-hybridized carbons (Fsp3) is 0.917. The summed E-state index contributed by atoms with van der Waals surface area (Å²) < 4.78 is 5.26. The van der Waals surface area contributed by atoms with Gasteiger partial charge in [0.1, 0.15) is 0 Å². The molecular formula is C12H21NO3. The van der Waals surface area contributed by atoms with E-state index in [2.05, 4.69) is 11.8 Å². The van der Waals surface area contributed by atoms with Crippen molar-refractivity contribution in [3.8, 4) is 0 Å². The van der Waals surface area contributed by atoms with E-state index in [0.29, 0.717) is 19.2 Å². The summed E-state index contributed by atoms with van der Waals surface area (Å²) >= 11 is 0. The zero-order valence-corrected chi connectivity index (χ0v) is 9.89. The van der Waals surface area contributed by atoms with Crippen molar-refractivity contribution in [2.75, 3.05) is 19.7 Å². The topological polar surface area (TPSA) is 49.8 Å². The van der Waals surface area contributed by atoms with Gasteiger partial charge in [0.2, 0.25) is 0 Å². The third kappa shape index (κ3) is 2.38. The van der Waals surface area contributed by atoms with Gasteiger partial charge in [-0.05, 0) is 18.8 Å². The first kappa shape index (κ1) is 11.9. The number of hydrogen-bond donors (Lipinski definition) is 1. The van der Waals surface area contributed by atoms with Crippen LogP contribution in [0.5, 0.6) is 0 Å². The van der Waals surface area contributed by atoms with Gasteiger partial charge in [-0.2, -0.15) is 0 Å². The quantitative estimate of drug-likeness (QED) is 0.790. The third-order valence-corrected chi connectivity index (χ3v) is 3.99. The first-order valence-electron chi connectivity index (χ1n) is 6.30. The number of carboxylic acids is 1. The van der Waals surface area contributed by atoms with E-state index in [4.69, 9.17) is 9.84 Å². The Kier molecular flexibility index (Phi) is 3.82. The predicted octanol–water partition coefficient (Wildman–Crippen LogP) is 1.35. The van der Waals surface area contributed by atoms with Crippen molar-refractivity contribution in [2.45, 2.75) is 44.8 Å². The van der Waals surface area contributed by atoms with Gasteiger partial charge in [0, 0.05) is 19.1 Å². The van der Waals surface area contributed by atoms with E-state index in [1.807, 2.05) is 0 Å². The molecule has 0 radical (unpaired) electrons. The molecule has 1 aliphatic carbocycles. The molecule has 92 valence electrons. The molecule has 0 amide bonds. The highest BCUT2D eigenvalue weighted by molar-refractivity contribution is 5.72. The van der Waals surface area contributed by atoms with Gasteiger partial charge >= 0.3 is 5.97 Å². The Balaban J connectivity index is 1.95. The van der Waals surface area contributed by atoms with Crippen LogP contribution in [-0.2, 0) is 9.53 Å². The second-order valence-corrected chi connectivity index (χ2v) is 4.86. The number of rotatable bonds is 3. The van der Waals surface area contributed by atoms with Gasteiger partial charge in [-0.3, -0.25) is 4.90 Å². The Hall–Kier alpha value is -0.610. The van der Waals surface area contributed by atoms with Crippen LogP contribution in [0.15, 0.2) is 0 Å².